The van der Waals surface area contributed by atoms with Crippen LogP contribution in [0.2, 0.25) is 0 Å². The summed E-state index contributed by atoms with van der Waals surface area (Å²) in [6.07, 6.45) is 0. The fourth-order valence-electron chi connectivity index (χ4n) is 3.27. The molecule has 0 amide bonds. The normalized spacial score (nSPS) is 47.1. The van der Waals surface area contributed by atoms with Crippen molar-refractivity contribution in [3.05, 3.63) is 0 Å². The van der Waals surface area contributed by atoms with Crippen molar-refractivity contribution in [1.82, 2.24) is 9.80 Å². The molecule has 4 unspecified atom stereocenters. The Hall–Kier alpha value is -0.0800. The quantitative estimate of drug-likeness (QED) is 0.606. The van der Waals surface area contributed by atoms with E-state index in [1.165, 1.54) is 19.8 Å². The van der Waals surface area contributed by atoms with Gasteiger partial charge < -0.3 is 0 Å². The molecule has 2 rings (SSSR count). The first-order valence-corrected chi connectivity index (χ1v) is 5.57. The van der Waals surface area contributed by atoms with Crippen molar-refractivity contribution in [1.29, 1.82) is 0 Å². The van der Waals surface area contributed by atoms with E-state index >= 15 is 0 Å². The van der Waals surface area contributed by atoms with Crippen molar-refractivity contribution in [2.45, 2.75) is 26.8 Å². The molecule has 0 aromatic rings. The van der Waals surface area contributed by atoms with E-state index < -0.39 is 0 Å². The first-order valence-electron chi connectivity index (χ1n) is 5.57. The molecule has 1 saturated carbocycles. The average molecular weight is 182 g/mol. The van der Waals surface area contributed by atoms with Crippen LogP contribution in [-0.2, 0) is 0 Å². The largest absolute Gasteiger partial charge is 0.293 e. The van der Waals surface area contributed by atoms with Gasteiger partial charge >= 0.3 is 0 Å². The third-order valence-electron chi connectivity index (χ3n) is 4.26. The van der Waals surface area contributed by atoms with Gasteiger partial charge in [0.2, 0.25) is 0 Å². The van der Waals surface area contributed by atoms with Crippen LogP contribution in [0.25, 0.3) is 0 Å². The maximum atomic E-state index is 2.64. The van der Waals surface area contributed by atoms with E-state index in [9.17, 15) is 0 Å². The van der Waals surface area contributed by atoms with Crippen LogP contribution in [0.15, 0.2) is 0 Å². The molecule has 4 atom stereocenters. The first kappa shape index (κ1) is 9.47. The van der Waals surface area contributed by atoms with E-state index in [0.717, 1.165) is 23.8 Å². The molecule has 76 valence electrons. The summed E-state index contributed by atoms with van der Waals surface area (Å²) in [4.78, 5) is 5.10. The molecule has 0 aromatic heterocycles. The highest BCUT2D eigenvalue weighted by atomic mass is 15.4. The lowest BCUT2D eigenvalue weighted by molar-refractivity contribution is -0.115. The van der Waals surface area contributed by atoms with Crippen LogP contribution < -0.4 is 0 Å². The van der Waals surface area contributed by atoms with Gasteiger partial charge in [-0.15, -0.1) is 0 Å². The predicted molar refractivity (Wildman–Crippen MR) is 55.5 cm³/mol. The minimum Gasteiger partial charge on any atom is -0.293 e. The second-order valence-electron chi connectivity index (χ2n) is 4.96. The van der Waals surface area contributed by atoms with E-state index in [0.29, 0.717) is 0 Å². The summed E-state index contributed by atoms with van der Waals surface area (Å²) < 4.78 is 0. The Morgan fingerprint density at radius 1 is 1.23 bits per heavy atom. The molecule has 1 aliphatic carbocycles. The van der Waals surface area contributed by atoms with Crippen LogP contribution in [0.5, 0.6) is 0 Å². The lowest BCUT2D eigenvalue weighted by Crippen LogP contribution is -2.66. The summed E-state index contributed by atoms with van der Waals surface area (Å²) >= 11 is 0. The van der Waals surface area contributed by atoms with E-state index in [2.05, 4.69) is 37.6 Å². The molecule has 0 N–H and O–H groups in total. The predicted octanol–water partition coefficient (Wildman–Crippen LogP) is 1.48. The Morgan fingerprint density at radius 2 is 1.92 bits per heavy atom. The monoisotopic (exact) mass is 182 g/mol. The molecule has 2 heteroatoms. The Bertz CT molecular complexity index is 185. The summed E-state index contributed by atoms with van der Waals surface area (Å²) in [6.45, 7) is 10.8. The van der Waals surface area contributed by atoms with Crippen LogP contribution in [0.3, 0.4) is 0 Å². The summed E-state index contributed by atoms with van der Waals surface area (Å²) in [5.74, 6) is 2.79. The second-order valence-corrected chi connectivity index (χ2v) is 4.96. The maximum Gasteiger partial charge on any atom is 0.0506 e. The van der Waals surface area contributed by atoms with Crippen molar-refractivity contribution in [3.8, 4) is 0 Å². The van der Waals surface area contributed by atoms with E-state index in [-0.39, 0.29) is 0 Å². The first-order chi connectivity index (χ1) is 6.15. The van der Waals surface area contributed by atoms with Gasteiger partial charge in [-0.2, -0.15) is 0 Å². The van der Waals surface area contributed by atoms with Crippen molar-refractivity contribution >= 4 is 0 Å². The lowest BCUT2D eigenvalue weighted by atomic mass is 9.60. The molecular formula is C11H22N2. The highest BCUT2D eigenvalue weighted by Gasteiger charge is 2.49. The zero-order valence-electron chi connectivity index (χ0n) is 9.33. The van der Waals surface area contributed by atoms with Gasteiger partial charge in [0.1, 0.15) is 0 Å². The standard InChI is InChI=1S/C11H22N2/c1-5-13-7-12(4)6-10-8(2)9(3)11(10)13/h8-11H,5-7H2,1-4H3. The van der Waals surface area contributed by atoms with Gasteiger partial charge in [-0.25, -0.2) is 0 Å². The van der Waals surface area contributed by atoms with Crippen LogP contribution in [0, 0.1) is 17.8 Å². The fraction of sp³-hybridized carbons (Fsp3) is 1.00. The number of fused-ring (bicyclic) bond motifs is 1. The molecular weight excluding hydrogens is 160 g/mol. The third kappa shape index (κ3) is 1.31. The zero-order valence-corrected chi connectivity index (χ0v) is 9.33. The molecule has 2 nitrogen and oxygen atoms in total. The van der Waals surface area contributed by atoms with Crippen molar-refractivity contribution in [3.63, 3.8) is 0 Å². The maximum absolute atomic E-state index is 2.64. The number of nitrogens with zero attached hydrogens (tertiary/aromatic N) is 2. The Labute approximate surface area is 81.9 Å². The summed E-state index contributed by atoms with van der Waals surface area (Å²) in [7, 11) is 2.24. The van der Waals surface area contributed by atoms with E-state index in [1.54, 1.807) is 0 Å². The number of hydrogen-bond acceptors (Lipinski definition) is 2. The SMILES string of the molecule is CCN1CN(C)CC2C(C)C(C)C21. The number of hydrogen-bond donors (Lipinski definition) is 0. The molecule has 13 heavy (non-hydrogen) atoms. The summed E-state index contributed by atoms with van der Waals surface area (Å²) in [5, 5.41) is 0. The highest BCUT2D eigenvalue weighted by Crippen LogP contribution is 2.45. The Kier molecular flexibility index (Phi) is 2.37. The van der Waals surface area contributed by atoms with Gasteiger partial charge in [0.25, 0.3) is 0 Å². The molecule has 0 radical (unpaired) electrons. The van der Waals surface area contributed by atoms with Gasteiger partial charge in [-0.05, 0) is 31.3 Å². The molecule has 1 heterocycles. The minimum atomic E-state index is 0.885. The van der Waals surface area contributed by atoms with Crippen molar-refractivity contribution < 1.29 is 0 Å². The van der Waals surface area contributed by atoms with E-state index in [4.69, 9.17) is 0 Å². The smallest absolute Gasteiger partial charge is 0.0506 e. The van der Waals surface area contributed by atoms with Crippen molar-refractivity contribution in [2.24, 2.45) is 17.8 Å². The Morgan fingerprint density at radius 3 is 2.54 bits per heavy atom. The van der Waals surface area contributed by atoms with Gasteiger partial charge in [-0.1, -0.05) is 20.8 Å². The summed E-state index contributed by atoms with van der Waals surface area (Å²) in [5.41, 5.74) is 0. The van der Waals surface area contributed by atoms with Crippen molar-refractivity contribution in [2.75, 3.05) is 26.8 Å². The molecule has 0 aromatic carbocycles. The Balaban J connectivity index is 2.07. The molecule has 2 fully saturated rings. The molecule has 0 bridgehead atoms. The van der Waals surface area contributed by atoms with Gasteiger partial charge in [0.15, 0.2) is 0 Å². The third-order valence-corrected chi connectivity index (χ3v) is 4.26. The molecule has 2 aliphatic rings. The topological polar surface area (TPSA) is 6.48 Å². The van der Waals surface area contributed by atoms with Crippen LogP contribution in [0.1, 0.15) is 20.8 Å². The highest BCUT2D eigenvalue weighted by molar-refractivity contribution is 5.01. The second kappa shape index (κ2) is 3.25. The molecule has 0 spiro atoms. The van der Waals surface area contributed by atoms with Crippen LogP contribution >= 0.6 is 0 Å². The zero-order chi connectivity index (χ0) is 9.59. The van der Waals surface area contributed by atoms with Crippen LogP contribution in [-0.4, -0.2) is 42.6 Å². The molecule has 1 aliphatic heterocycles. The minimum absolute atomic E-state index is 0.885. The molecule has 1 saturated heterocycles. The van der Waals surface area contributed by atoms with Crippen LogP contribution in [0.4, 0.5) is 0 Å². The lowest BCUT2D eigenvalue weighted by Gasteiger charge is -2.59. The number of rotatable bonds is 1. The fourth-order valence-corrected chi connectivity index (χ4v) is 3.27. The van der Waals surface area contributed by atoms with Gasteiger partial charge in [0, 0.05) is 12.6 Å². The average Bonchev–Trinajstić information content (AvgIpc) is 2.15. The summed E-state index contributed by atoms with van der Waals surface area (Å²) in [6, 6.07) is 0.885. The van der Waals surface area contributed by atoms with E-state index in [1.807, 2.05) is 0 Å². The van der Waals surface area contributed by atoms with Gasteiger partial charge in [0.05, 0.1) is 6.67 Å². The van der Waals surface area contributed by atoms with Gasteiger partial charge in [-0.3, -0.25) is 9.80 Å².